The van der Waals surface area contributed by atoms with Gasteiger partial charge < -0.3 is 14.4 Å². The third-order valence-corrected chi connectivity index (χ3v) is 8.54. The third-order valence-electron chi connectivity index (χ3n) is 8.01. The molecule has 1 aliphatic carbocycles. The fraction of sp³-hybridized carbons (Fsp3) is 0.438. The summed E-state index contributed by atoms with van der Waals surface area (Å²) in [5, 5.41) is 0. The summed E-state index contributed by atoms with van der Waals surface area (Å²) in [7, 11) is 0. The lowest BCUT2D eigenvalue weighted by Gasteiger charge is -2.37. The van der Waals surface area contributed by atoms with Crippen molar-refractivity contribution in [1.29, 1.82) is 0 Å². The molecule has 41 heavy (non-hydrogen) atoms. The molecular formula is C32H37BrF3N3O2. The number of rotatable bonds is 10. The van der Waals surface area contributed by atoms with E-state index in [1.165, 1.54) is 17.0 Å². The Labute approximate surface area is 248 Å². The van der Waals surface area contributed by atoms with Crippen LogP contribution in [-0.2, 0) is 24.1 Å². The van der Waals surface area contributed by atoms with Gasteiger partial charge in [-0.3, -0.25) is 9.59 Å². The van der Waals surface area contributed by atoms with Crippen LogP contribution in [0.5, 0.6) is 0 Å². The summed E-state index contributed by atoms with van der Waals surface area (Å²) in [4.78, 5) is 30.9. The van der Waals surface area contributed by atoms with Gasteiger partial charge in [-0.15, -0.1) is 0 Å². The van der Waals surface area contributed by atoms with Crippen molar-refractivity contribution in [2.75, 3.05) is 6.54 Å². The quantitative estimate of drug-likeness (QED) is 0.228. The van der Waals surface area contributed by atoms with Gasteiger partial charge in [0.1, 0.15) is 6.54 Å². The maximum absolute atomic E-state index is 14.0. The second kappa shape index (κ2) is 13.7. The first-order chi connectivity index (χ1) is 19.6. The Kier molecular flexibility index (Phi) is 10.3. The molecule has 0 saturated heterocycles. The third kappa shape index (κ3) is 8.03. The first kappa shape index (κ1) is 30.9. The maximum Gasteiger partial charge on any atom is 0.416 e. The van der Waals surface area contributed by atoms with E-state index in [0.29, 0.717) is 19.5 Å². The number of halogens is 4. The van der Waals surface area contributed by atoms with Crippen molar-refractivity contribution in [3.63, 3.8) is 0 Å². The van der Waals surface area contributed by atoms with Crippen molar-refractivity contribution in [1.82, 2.24) is 14.4 Å². The number of carbonyl (C=O) groups excluding carboxylic acids is 2. The Morgan fingerprint density at radius 1 is 1.00 bits per heavy atom. The molecule has 0 unspecified atom stereocenters. The molecule has 1 aliphatic rings. The molecule has 4 rings (SSSR count). The van der Waals surface area contributed by atoms with E-state index in [2.05, 4.69) is 32.6 Å². The fourth-order valence-electron chi connectivity index (χ4n) is 5.37. The number of alkyl halides is 3. The lowest BCUT2D eigenvalue weighted by atomic mass is 9.94. The topological polar surface area (TPSA) is 45.6 Å². The van der Waals surface area contributed by atoms with Gasteiger partial charge in [0.25, 0.3) is 5.91 Å². The van der Waals surface area contributed by atoms with Crippen LogP contribution in [0.25, 0.3) is 0 Å². The molecule has 0 radical (unpaired) electrons. The molecule has 1 saturated carbocycles. The molecule has 5 nitrogen and oxygen atoms in total. The Bertz CT molecular complexity index is 1300. The zero-order valence-corrected chi connectivity index (χ0v) is 25.1. The van der Waals surface area contributed by atoms with Crippen molar-refractivity contribution in [3.8, 4) is 0 Å². The van der Waals surface area contributed by atoms with Crippen LogP contribution in [0.3, 0.4) is 0 Å². The Balaban J connectivity index is 1.56. The molecule has 0 N–H and O–H groups in total. The summed E-state index contributed by atoms with van der Waals surface area (Å²) in [6.45, 7) is 4.77. The minimum absolute atomic E-state index is 0.0761. The smallest absolute Gasteiger partial charge is 0.345 e. The van der Waals surface area contributed by atoms with Crippen molar-refractivity contribution in [3.05, 3.63) is 93.7 Å². The average Bonchev–Trinajstić information content (AvgIpc) is 3.41. The van der Waals surface area contributed by atoms with Crippen LogP contribution in [0, 0.1) is 0 Å². The van der Waals surface area contributed by atoms with E-state index < -0.39 is 17.6 Å². The summed E-state index contributed by atoms with van der Waals surface area (Å²) < 4.78 is 42.4. The first-order valence-electron chi connectivity index (χ1n) is 14.2. The highest BCUT2D eigenvalue weighted by Gasteiger charge is 2.32. The average molecular weight is 633 g/mol. The number of benzene rings is 2. The maximum atomic E-state index is 14.0. The number of aromatic nitrogens is 1. The number of carbonyl (C=O) groups is 2. The Morgan fingerprint density at radius 3 is 2.27 bits per heavy atom. The van der Waals surface area contributed by atoms with Gasteiger partial charge in [0.15, 0.2) is 0 Å². The molecule has 2 aromatic carbocycles. The first-order valence-corrected chi connectivity index (χ1v) is 15.0. The summed E-state index contributed by atoms with van der Waals surface area (Å²) in [5.74, 6) is -0.586. The van der Waals surface area contributed by atoms with Crippen LogP contribution in [0.15, 0.2) is 71.3 Å². The highest BCUT2D eigenvalue weighted by molar-refractivity contribution is 9.10. The highest BCUT2D eigenvalue weighted by Crippen LogP contribution is 2.30. The SMILES string of the molecule is CC[C@H](C)N(CC(=O)N(Cc1cccn1Cc1ccc(Br)cc1)C1CCCCC1)C(=O)c1ccc(C(F)(F)F)cc1. The van der Waals surface area contributed by atoms with Gasteiger partial charge >= 0.3 is 6.18 Å². The van der Waals surface area contributed by atoms with Crippen LogP contribution in [0.4, 0.5) is 13.2 Å². The molecule has 0 bridgehead atoms. The monoisotopic (exact) mass is 631 g/mol. The normalized spacial score (nSPS) is 15.0. The van der Waals surface area contributed by atoms with Gasteiger partial charge in [0, 0.05) is 40.6 Å². The van der Waals surface area contributed by atoms with E-state index in [4.69, 9.17) is 0 Å². The number of hydrogen-bond acceptors (Lipinski definition) is 2. The van der Waals surface area contributed by atoms with Crippen LogP contribution < -0.4 is 0 Å². The minimum atomic E-state index is -4.48. The van der Waals surface area contributed by atoms with E-state index >= 15 is 0 Å². The molecule has 1 heterocycles. The van der Waals surface area contributed by atoms with Gasteiger partial charge in [0.2, 0.25) is 5.91 Å². The highest BCUT2D eigenvalue weighted by atomic mass is 79.9. The molecule has 220 valence electrons. The van der Waals surface area contributed by atoms with E-state index in [-0.39, 0.29) is 30.1 Å². The van der Waals surface area contributed by atoms with Crippen LogP contribution in [0.2, 0.25) is 0 Å². The van der Waals surface area contributed by atoms with Gasteiger partial charge in [0.05, 0.1) is 12.1 Å². The number of amides is 2. The standard InChI is InChI=1S/C32H37BrF3N3O2/c1-3-23(2)38(31(41)25-13-15-26(16-14-25)32(34,35)36)22-30(40)39(28-8-5-4-6-9-28)21-29-10-7-19-37(29)20-24-11-17-27(33)18-12-24/h7,10-19,23,28H,3-6,8-9,20-22H2,1-2H3/t23-/m0/s1. The van der Waals surface area contributed by atoms with Crippen molar-refractivity contribution < 1.29 is 22.8 Å². The van der Waals surface area contributed by atoms with Gasteiger partial charge in [-0.05, 0) is 80.3 Å². The van der Waals surface area contributed by atoms with E-state index in [0.717, 1.165) is 60.0 Å². The summed E-state index contributed by atoms with van der Waals surface area (Å²) in [6, 6.07) is 16.2. The zero-order valence-electron chi connectivity index (χ0n) is 23.5. The number of hydrogen-bond donors (Lipinski definition) is 0. The lowest BCUT2D eigenvalue weighted by molar-refractivity contribution is -0.137. The number of nitrogens with zero attached hydrogens (tertiary/aromatic N) is 3. The Hall–Kier alpha value is -3.07. The molecular weight excluding hydrogens is 595 g/mol. The Morgan fingerprint density at radius 2 is 1.66 bits per heavy atom. The summed E-state index contributed by atoms with van der Waals surface area (Å²) >= 11 is 3.48. The molecule has 0 aliphatic heterocycles. The van der Waals surface area contributed by atoms with E-state index in [1.807, 2.05) is 49.2 Å². The van der Waals surface area contributed by atoms with Gasteiger partial charge in [-0.1, -0.05) is 54.2 Å². The van der Waals surface area contributed by atoms with E-state index in [1.54, 1.807) is 0 Å². The fourth-order valence-corrected chi connectivity index (χ4v) is 5.64. The van der Waals surface area contributed by atoms with Crippen LogP contribution in [0.1, 0.15) is 79.6 Å². The molecule has 1 aromatic heterocycles. The zero-order chi connectivity index (χ0) is 29.6. The van der Waals surface area contributed by atoms with Crippen LogP contribution in [-0.4, -0.2) is 44.8 Å². The molecule has 1 fully saturated rings. The molecule has 3 aromatic rings. The summed E-state index contributed by atoms with van der Waals surface area (Å²) in [6.07, 6.45) is 3.21. The molecule has 9 heteroatoms. The second-order valence-corrected chi connectivity index (χ2v) is 11.7. The second-order valence-electron chi connectivity index (χ2n) is 10.8. The van der Waals surface area contributed by atoms with E-state index in [9.17, 15) is 22.8 Å². The van der Waals surface area contributed by atoms with Crippen molar-refractivity contribution in [2.24, 2.45) is 0 Å². The van der Waals surface area contributed by atoms with Gasteiger partial charge in [-0.25, -0.2) is 0 Å². The van der Waals surface area contributed by atoms with Crippen molar-refractivity contribution >= 4 is 27.7 Å². The molecule has 2 amide bonds. The molecule has 0 spiro atoms. The predicted molar refractivity (Wildman–Crippen MR) is 157 cm³/mol. The molecule has 1 atom stereocenters. The van der Waals surface area contributed by atoms with Crippen molar-refractivity contribution in [2.45, 2.75) is 83.7 Å². The summed E-state index contributed by atoms with van der Waals surface area (Å²) in [5.41, 5.74) is 1.48. The lowest BCUT2D eigenvalue weighted by Crippen LogP contribution is -2.49. The van der Waals surface area contributed by atoms with Gasteiger partial charge in [-0.2, -0.15) is 13.2 Å². The predicted octanol–water partition coefficient (Wildman–Crippen LogP) is 7.92. The largest absolute Gasteiger partial charge is 0.416 e. The minimum Gasteiger partial charge on any atom is -0.345 e. The van der Waals surface area contributed by atoms with Crippen LogP contribution >= 0.6 is 15.9 Å².